The van der Waals surface area contributed by atoms with Crippen molar-refractivity contribution in [3.8, 4) is 0 Å². The van der Waals surface area contributed by atoms with E-state index in [1.54, 1.807) is 12.1 Å². The first-order chi connectivity index (χ1) is 7.10. The molecule has 0 radical (unpaired) electrons. The Balaban J connectivity index is 2.86. The van der Waals surface area contributed by atoms with E-state index in [0.29, 0.717) is 0 Å². The molecule has 0 amide bonds. The summed E-state index contributed by atoms with van der Waals surface area (Å²) in [4.78, 5) is 0.206. The van der Waals surface area contributed by atoms with Crippen LogP contribution >= 0.6 is 0 Å². The molecule has 0 spiro atoms. The number of unbranched alkanes of at least 4 members (excludes halogenated alkanes) is 1. The lowest BCUT2D eigenvalue weighted by Gasteiger charge is -2.01. The van der Waals surface area contributed by atoms with Gasteiger partial charge in [0.1, 0.15) is 0 Å². The molecule has 1 rings (SSSR count). The molecule has 0 heterocycles. The summed E-state index contributed by atoms with van der Waals surface area (Å²) in [6.07, 6.45) is 3.23. The predicted molar refractivity (Wildman–Crippen MR) is 61.8 cm³/mol. The van der Waals surface area contributed by atoms with Gasteiger partial charge in [0.25, 0.3) is 10.0 Å². The lowest BCUT2D eigenvalue weighted by molar-refractivity contribution is 0.598. The van der Waals surface area contributed by atoms with Crippen LogP contribution < -0.4 is 0 Å². The second kappa shape index (κ2) is 5.07. The molecule has 1 aromatic carbocycles. The highest BCUT2D eigenvalue weighted by molar-refractivity contribution is 7.90. The summed E-state index contributed by atoms with van der Waals surface area (Å²) in [6.45, 7) is 5.17. The van der Waals surface area contributed by atoms with Crippen LogP contribution in [0.4, 0.5) is 0 Å². The molecule has 0 N–H and O–H groups in total. The van der Waals surface area contributed by atoms with E-state index in [2.05, 4.69) is 18.0 Å². The third-order valence-corrected chi connectivity index (χ3v) is 3.42. The maximum atomic E-state index is 11.3. The number of rotatable bonds is 5. The van der Waals surface area contributed by atoms with E-state index < -0.39 is 10.0 Å². The van der Waals surface area contributed by atoms with Gasteiger partial charge in [0, 0.05) is 6.72 Å². The second-order valence-corrected chi connectivity index (χ2v) is 5.03. The Kier molecular flexibility index (Phi) is 4.03. The summed E-state index contributed by atoms with van der Waals surface area (Å²) < 4.78 is 25.7. The van der Waals surface area contributed by atoms with Crippen LogP contribution in [0, 0.1) is 0 Å². The fourth-order valence-electron chi connectivity index (χ4n) is 1.28. The van der Waals surface area contributed by atoms with Crippen LogP contribution in [0.3, 0.4) is 0 Å². The summed E-state index contributed by atoms with van der Waals surface area (Å²) >= 11 is 0. The standard InChI is InChI=1S/C11H15NO2S/c1-3-4-5-10-6-8-11(9-7-10)15(13,14)12-2/h6-9H,2-5H2,1H3. The smallest absolute Gasteiger partial charge is 0.199 e. The van der Waals surface area contributed by atoms with Crippen molar-refractivity contribution in [3.63, 3.8) is 0 Å². The third kappa shape index (κ3) is 3.16. The third-order valence-electron chi connectivity index (χ3n) is 2.21. The maximum Gasteiger partial charge on any atom is 0.281 e. The average molecular weight is 225 g/mol. The molecule has 82 valence electrons. The number of aryl methyl sites for hydroxylation is 1. The van der Waals surface area contributed by atoms with Crippen molar-refractivity contribution in [2.75, 3.05) is 0 Å². The molecule has 0 aliphatic carbocycles. The van der Waals surface area contributed by atoms with Crippen molar-refractivity contribution in [3.05, 3.63) is 29.8 Å². The Morgan fingerprint density at radius 3 is 2.33 bits per heavy atom. The first kappa shape index (κ1) is 11.9. The molecule has 15 heavy (non-hydrogen) atoms. The van der Waals surface area contributed by atoms with Gasteiger partial charge in [-0.15, -0.1) is 0 Å². The van der Waals surface area contributed by atoms with Crippen LogP contribution in [0.2, 0.25) is 0 Å². The lowest BCUT2D eigenvalue weighted by atomic mass is 10.1. The number of hydrogen-bond acceptors (Lipinski definition) is 2. The van der Waals surface area contributed by atoms with Crippen molar-refractivity contribution < 1.29 is 8.42 Å². The van der Waals surface area contributed by atoms with E-state index in [1.807, 2.05) is 12.1 Å². The first-order valence-electron chi connectivity index (χ1n) is 4.92. The van der Waals surface area contributed by atoms with Crippen LogP contribution in [0.25, 0.3) is 0 Å². The summed E-state index contributed by atoms with van der Waals surface area (Å²) in [5.74, 6) is 0. The molecule has 4 heteroatoms. The molecule has 1 aromatic rings. The molecule has 0 aliphatic rings. The highest BCUT2D eigenvalue weighted by Gasteiger charge is 2.09. The molecule has 0 aromatic heterocycles. The molecule has 0 unspecified atom stereocenters. The van der Waals surface area contributed by atoms with Gasteiger partial charge in [0.2, 0.25) is 0 Å². The zero-order chi connectivity index (χ0) is 11.3. The number of hydrogen-bond donors (Lipinski definition) is 0. The molecular weight excluding hydrogens is 210 g/mol. The number of sulfonamides is 1. The van der Waals surface area contributed by atoms with E-state index in [9.17, 15) is 8.42 Å². The van der Waals surface area contributed by atoms with Gasteiger partial charge >= 0.3 is 0 Å². The summed E-state index contributed by atoms with van der Waals surface area (Å²) in [5, 5.41) is 0. The molecule has 0 saturated heterocycles. The summed E-state index contributed by atoms with van der Waals surface area (Å²) in [5.41, 5.74) is 1.15. The van der Waals surface area contributed by atoms with Gasteiger partial charge in [0.15, 0.2) is 0 Å². The van der Waals surface area contributed by atoms with Gasteiger partial charge in [-0.3, -0.25) is 0 Å². The summed E-state index contributed by atoms with van der Waals surface area (Å²) in [6, 6.07) is 6.81. The Morgan fingerprint density at radius 2 is 1.87 bits per heavy atom. The monoisotopic (exact) mass is 225 g/mol. The molecule has 0 aliphatic heterocycles. The van der Waals surface area contributed by atoms with Crippen molar-refractivity contribution in [2.45, 2.75) is 31.1 Å². The van der Waals surface area contributed by atoms with E-state index in [1.165, 1.54) is 0 Å². The van der Waals surface area contributed by atoms with Gasteiger partial charge in [0.05, 0.1) is 4.90 Å². The minimum atomic E-state index is -3.52. The summed E-state index contributed by atoms with van der Waals surface area (Å²) in [7, 11) is -3.52. The molecular formula is C11H15NO2S. The van der Waals surface area contributed by atoms with Crippen LogP contribution in [0.15, 0.2) is 33.6 Å². The largest absolute Gasteiger partial charge is 0.281 e. The SMILES string of the molecule is C=NS(=O)(=O)c1ccc(CCCC)cc1. The quantitative estimate of drug-likeness (QED) is 0.722. The van der Waals surface area contributed by atoms with Crippen molar-refractivity contribution in [1.82, 2.24) is 0 Å². The Labute approximate surface area is 90.9 Å². The average Bonchev–Trinajstić information content (AvgIpc) is 2.27. The van der Waals surface area contributed by atoms with E-state index in [0.717, 1.165) is 24.8 Å². The highest BCUT2D eigenvalue weighted by atomic mass is 32.2. The van der Waals surface area contributed by atoms with Crippen LogP contribution in [0.5, 0.6) is 0 Å². The highest BCUT2D eigenvalue weighted by Crippen LogP contribution is 2.14. The molecule has 0 bridgehead atoms. The number of benzene rings is 1. The minimum absolute atomic E-state index is 0.206. The zero-order valence-corrected chi connectivity index (χ0v) is 9.63. The Bertz CT molecular complexity index is 420. The van der Waals surface area contributed by atoms with Gasteiger partial charge < -0.3 is 0 Å². The molecule has 0 fully saturated rings. The fraction of sp³-hybridized carbons (Fsp3) is 0.364. The minimum Gasteiger partial charge on any atom is -0.199 e. The topological polar surface area (TPSA) is 46.5 Å². The Hall–Kier alpha value is -1.16. The van der Waals surface area contributed by atoms with Crippen LogP contribution in [-0.2, 0) is 16.4 Å². The number of nitrogens with zero attached hydrogens (tertiary/aromatic N) is 1. The van der Waals surface area contributed by atoms with Crippen molar-refractivity contribution in [1.29, 1.82) is 0 Å². The van der Waals surface area contributed by atoms with Gasteiger partial charge in [-0.1, -0.05) is 25.5 Å². The molecule has 0 saturated carbocycles. The second-order valence-electron chi connectivity index (χ2n) is 3.35. The fourth-order valence-corrected chi connectivity index (χ4v) is 1.91. The van der Waals surface area contributed by atoms with E-state index in [4.69, 9.17) is 0 Å². The van der Waals surface area contributed by atoms with Gasteiger partial charge in [-0.2, -0.15) is 12.8 Å². The van der Waals surface area contributed by atoms with E-state index in [-0.39, 0.29) is 4.90 Å². The zero-order valence-electron chi connectivity index (χ0n) is 8.81. The molecule has 0 atom stereocenters. The van der Waals surface area contributed by atoms with Crippen LogP contribution in [0.1, 0.15) is 25.3 Å². The molecule has 3 nitrogen and oxygen atoms in total. The van der Waals surface area contributed by atoms with Crippen molar-refractivity contribution >= 4 is 16.7 Å². The van der Waals surface area contributed by atoms with Gasteiger partial charge in [-0.25, -0.2) is 0 Å². The predicted octanol–water partition coefficient (Wildman–Crippen LogP) is 2.42. The normalized spacial score (nSPS) is 11.3. The first-order valence-corrected chi connectivity index (χ1v) is 6.36. The van der Waals surface area contributed by atoms with Gasteiger partial charge in [-0.05, 0) is 30.5 Å². The lowest BCUT2D eigenvalue weighted by Crippen LogP contribution is -1.96. The van der Waals surface area contributed by atoms with Crippen LogP contribution in [-0.4, -0.2) is 15.1 Å². The maximum absolute atomic E-state index is 11.3. The van der Waals surface area contributed by atoms with Crippen molar-refractivity contribution in [2.24, 2.45) is 4.40 Å². The van der Waals surface area contributed by atoms with E-state index >= 15 is 0 Å². The Morgan fingerprint density at radius 1 is 1.27 bits per heavy atom.